The Morgan fingerprint density at radius 1 is 1.22 bits per heavy atom. The van der Waals surface area contributed by atoms with Crippen LogP contribution in [0.15, 0.2) is 58.1 Å². The van der Waals surface area contributed by atoms with Crippen molar-refractivity contribution in [3.63, 3.8) is 0 Å². The van der Waals surface area contributed by atoms with Gasteiger partial charge in [-0.1, -0.05) is 6.07 Å². The van der Waals surface area contributed by atoms with Gasteiger partial charge < -0.3 is 9.73 Å². The molecule has 0 saturated heterocycles. The molecular formula is C20H21N3O2S2. The number of hydrogen-bond donors (Lipinski definition) is 1. The topological polar surface area (TPSA) is 68.0 Å². The molecule has 140 valence electrons. The summed E-state index contributed by atoms with van der Waals surface area (Å²) < 4.78 is 5.80. The van der Waals surface area contributed by atoms with Crippen LogP contribution in [0.4, 0.5) is 0 Å². The molecule has 3 rings (SSSR count). The third kappa shape index (κ3) is 5.61. The van der Waals surface area contributed by atoms with Crippen LogP contribution in [0.2, 0.25) is 0 Å². The Balaban J connectivity index is 1.49. The zero-order valence-electron chi connectivity index (χ0n) is 15.3. The Bertz CT molecular complexity index is 880. The molecule has 1 N–H and O–H groups in total. The summed E-state index contributed by atoms with van der Waals surface area (Å²) in [5, 5.41) is 2.90. The number of oxazole rings is 1. The van der Waals surface area contributed by atoms with Gasteiger partial charge in [-0.3, -0.25) is 9.78 Å². The molecule has 0 bridgehead atoms. The largest absolute Gasteiger partial charge is 0.441 e. The van der Waals surface area contributed by atoms with E-state index < -0.39 is 0 Å². The number of nitrogens with zero attached hydrogens (tertiary/aromatic N) is 2. The van der Waals surface area contributed by atoms with Crippen molar-refractivity contribution in [3.05, 3.63) is 65.8 Å². The van der Waals surface area contributed by atoms with E-state index in [0.29, 0.717) is 23.9 Å². The molecule has 3 aromatic rings. The van der Waals surface area contributed by atoms with Crippen LogP contribution in [0.3, 0.4) is 0 Å². The molecule has 1 amide bonds. The highest BCUT2D eigenvalue weighted by Crippen LogP contribution is 2.26. The van der Waals surface area contributed by atoms with E-state index in [2.05, 4.69) is 27.4 Å². The number of nitrogens with one attached hydrogen (secondary N) is 1. The predicted molar refractivity (Wildman–Crippen MR) is 111 cm³/mol. The smallest absolute Gasteiger partial charge is 0.230 e. The highest BCUT2D eigenvalue weighted by molar-refractivity contribution is 7.99. The average Bonchev–Trinajstić information content (AvgIpc) is 3.08. The molecule has 5 nitrogen and oxygen atoms in total. The second kappa shape index (κ2) is 9.62. The number of carbonyl (C=O) groups is 1. The van der Waals surface area contributed by atoms with Gasteiger partial charge in [0.1, 0.15) is 5.76 Å². The number of hydrogen-bond acceptors (Lipinski definition) is 6. The van der Waals surface area contributed by atoms with Gasteiger partial charge in [-0.25, -0.2) is 4.98 Å². The zero-order chi connectivity index (χ0) is 19.1. The molecule has 0 aliphatic carbocycles. The summed E-state index contributed by atoms with van der Waals surface area (Å²) in [6, 6.07) is 11.9. The van der Waals surface area contributed by atoms with Crippen molar-refractivity contribution < 1.29 is 9.21 Å². The maximum atomic E-state index is 12.0. The summed E-state index contributed by atoms with van der Waals surface area (Å²) in [5.41, 5.74) is 2.82. The fourth-order valence-corrected chi connectivity index (χ4v) is 3.67. The molecule has 0 aliphatic heterocycles. The third-order valence-electron chi connectivity index (χ3n) is 3.91. The van der Waals surface area contributed by atoms with E-state index in [0.717, 1.165) is 22.6 Å². The Labute approximate surface area is 167 Å². The van der Waals surface area contributed by atoms with E-state index in [-0.39, 0.29) is 5.91 Å². The number of amides is 1. The molecule has 1 aromatic carbocycles. The van der Waals surface area contributed by atoms with Crippen LogP contribution in [-0.2, 0) is 17.1 Å². The lowest BCUT2D eigenvalue weighted by molar-refractivity contribution is -0.118. The van der Waals surface area contributed by atoms with Gasteiger partial charge in [0, 0.05) is 35.2 Å². The fourth-order valence-electron chi connectivity index (χ4n) is 2.41. The lowest BCUT2D eigenvalue weighted by Crippen LogP contribution is -2.24. The molecule has 0 saturated carbocycles. The molecular weight excluding hydrogens is 378 g/mol. The normalized spacial score (nSPS) is 10.7. The van der Waals surface area contributed by atoms with Crippen LogP contribution in [0.25, 0.3) is 11.5 Å². The van der Waals surface area contributed by atoms with Crippen LogP contribution in [-0.4, -0.2) is 27.9 Å². The maximum absolute atomic E-state index is 12.0. The first-order valence-corrected chi connectivity index (χ1v) is 10.9. The van der Waals surface area contributed by atoms with E-state index in [1.807, 2.05) is 37.4 Å². The van der Waals surface area contributed by atoms with Crippen LogP contribution < -0.4 is 5.32 Å². The van der Waals surface area contributed by atoms with Gasteiger partial charge in [-0.05, 0) is 49.1 Å². The highest BCUT2D eigenvalue weighted by atomic mass is 32.2. The first kappa shape index (κ1) is 19.5. The first-order valence-electron chi connectivity index (χ1n) is 8.50. The molecule has 0 spiro atoms. The number of benzene rings is 1. The predicted octanol–water partition coefficient (Wildman–Crippen LogP) is 4.32. The second-order valence-electron chi connectivity index (χ2n) is 5.88. The first-order chi connectivity index (χ1) is 13.2. The van der Waals surface area contributed by atoms with Gasteiger partial charge in [-0.15, -0.1) is 23.5 Å². The van der Waals surface area contributed by atoms with Crippen molar-refractivity contribution in [1.29, 1.82) is 0 Å². The van der Waals surface area contributed by atoms with Crippen molar-refractivity contribution in [2.45, 2.75) is 24.1 Å². The number of rotatable bonds is 8. The number of carbonyl (C=O) groups excluding carboxylic acids is 1. The summed E-state index contributed by atoms with van der Waals surface area (Å²) in [5.74, 6) is 2.43. The second-order valence-corrected chi connectivity index (χ2v) is 7.75. The minimum absolute atomic E-state index is 0.00196. The molecule has 0 fully saturated rings. The van der Waals surface area contributed by atoms with Gasteiger partial charge in [-0.2, -0.15) is 0 Å². The lowest BCUT2D eigenvalue weighted by atomic mass is 10.2. The van der Waals surface area contributed by atoms with E-state index in [4.69, 9.17) is 4.42 Å². The van der Waals surface area contributed by atoms with E-state index in [1.165, 1.54) is 16.7 Å². The van der Waals surface area contributed by atoms with Gasteiger partial charge >= 0.3 is 0 Å². The molecule has 27 heavy (non-hydrogen) atoms. The Morgan fingerprint density at radius 3 is 2.74 bits per heavy atom. The SMILES string of the molecule is CSc1ccc(-c2nc(CSCC(=O)NCc3cccnc3)c(C)o2)cc1. The summed E-state index contributed by atoms with van der Waals surface area (Å²) in [6.07, 6.45) is 5.51. The summed E-state index contributed by atoms with van der Waals surface area (Å²) >= 11 is 3.23. The van der Waals surface area contributed by atoms with Gasteiger partial charge in [0.2, 0.25) is 11.8 Å². The van der Waals surface area contributed by atoms with Crippen molar-refractivity contribution in [3.8, 4) is 11.5 Å². The van der Waals surface area contributed by atoms with Crippen LogP contribution in [0.1, 0.15) is 17.0 Å². The highest BCUT2D eigenvalue weighted by Gasteiger charge is 2.12. The Hall–Kier alpha value is -2.25. The van der Waals surface area contributed by atoms with Crippen LogP contribution in [0.5, 0.6) is 0 Å². The van der Waals surface area contributed by atoms with E-state index >= 15 is 0 Å². The van der Waals surface area contributed by atoms with Gasteiger partial charge in [0.25, 0.3) is 0 Å². The molecule has 0 atom stereocenters. The standard InChI is InChI=1S/C20H21N3O2S2/c1-14-18(23-20(25-14)16-5-7-17(26-2)8-6-16)12-27-13-19(24)22-11-15-4-3-9-21-10-15/h3-10H,11-13H2,1-2H3,(H,22,24). The fraction of sp³-hybridized carbons (Fsp3) is 0.250. The quantitative estimate of drug-likeness (QED) is 0.569. The molecule has 2 heterocycles. The number of aromatic nitrogens is 2. The van der Waals surface area contributed by atoms with Crippen molar-refractivity contribution in [2.24, 2.45) is 0 Å². The van der Waals surface area contributed by atoms with Gasteiger partial charge in [0.05, 0.1) is 11.4 Å². The Kier molecular flexibility index (Phi) is 6.95. The van der Waals surface area contributed by atoms with Crippen molar-refractivity contribution >= 4 is 29.4 Å². The molecule has 7 heteroatoms. The summed E-state index contributed by atoms with van der Waals surface area (Å²) in [7, 11) is 0. The minimum Gasteiger partial charge on any atom is -0.441 e. The average molecular weight is 400 g/mol. The lowest BCUT2D eigenvalue weighted by Gasteiger charge is -2.04. The summed E-state index contributed by atoms with van der Waals surface area (Å²) in [6.45, 7) is 2.40. The monoisotopic (exact) mass is 399 g/mol. The maximum Gasteiger partial charge on any atom is 0.230 e. The third-order valence-corrected chi connectivity index (χ3v) is 5.60. The van der Waals surface area contributed by atoms with Crippen molar-refractivity contribution in [1.82, 2.24) is 15.3 Å². The minimum atomic E-state index is -0.00196. The van der Waals surface area contributed by atoms with Crippen LogP contribution in [0, 0.1) is 6.92 Å². The molecule has 2 aromatic heterocycles. The van der Waals surface area contributed by atoms with Crippen molar-refractivity contribution in [2.75, 3.05) is 12.0 Å². The zero-order valence-corrected chi connectivity index (χ0v) is 16.9. The molecule has 0 radical (unpaired) electrons. The van der Waals surface area contributed by atoms with Crippen LogP contribution >= 0.6 is 23.5 Å². The molecule has 0 unspecified atom stereocenters. The van der Waals surface area contributed by atoms with E-state index in [9.17, 15) is 4.79 Å². The number of aryl methyl sites for hydroxylation is 1. The van der Waals surface area contributed by atoms with Gasteiger partial charge in [0.15, 0.2) is 0 Å². The summed E-state index contributed by atoms with van der Waals surface area (Å²) in [4.78, 5) is 21.8. The number of thioether (sulfide) groups is 2. The Morgan fingerprint density at radius 2 is 2.04 bits per heavy atom. The van der Waals surface area contributed by atoms with E-state index in [1.54, 1.807) is 24.2 Å². The molecule has 0 aliphatic rings. The number of pyridine rings is 1.